The Morgan fingerprint density at radius 3 is 2.35 bits per heavy atom. The van der Waals surface area contributed by atoms with E-state index in [4.69, 9.17) is 4.74 Å². The van der Waals surface area contributed by atoms with Crippen molar-refractivity contribution in [3.63, 3.8) is 0 Å². The number of hydrogen-bond acceptors (Lipinski definition) is 2. The van der Waals surface area contributed by atoms with Crippen molar-refractivity contribution in [3.8, 4) is 0 Å². The van der Waals surface area contributed by atoms with Gasteiger partial charge in [-0.15, -0.1) is 0 Å². The van der Waals surface area contributed by atoms with Crippen LogP contribution in [0.25, 0.3) is 0 Å². The van der Waals surface area contributed by atoms with Crippen LogP contribution >= 0.6 is 0 Å². The Morgan fingerprint density at radius 1 is 1.24 bits per heavy atom. The van der Waals surface area contributed by atoms with Gasteiger partial charge in [-0.2, -0.15) is 0 Å². The Labute approximate surface area is 109 Å². The first-order valence-corrected chi connectivity index (χ1v) is 7.11. The molecule has 0 aliphatic heterocycles. The average molecular weight is 243 g/mol. The molecule has 2 unspecified atom stereocenters. The molecule has 0 aromatic rings. The molecule has 17 heavy (non-hydrogen) atoms. The highest BCUT2D eigenvalue weighted by Gasteiger charge is 2.17. The molecule has 0 saturated heterocycles. The van der Waals surface area contributed by atoms with Crippen LogP contribution in [0.1, 0.15) is 60.3 Å². The molecule has 0 fully saturated rings. The van der Waals surface area contributed by atoms with Gasteiger partial charge in [0.2, 0.25) is 0 Å². The summed E-state index contributed by atoms with van der Waals surface area (Å²) in [6, 6.07) is 0.652. The zero-order valence-corrected chi connectivity index (χ0v) is 12.8. The lowest BCUT2D eigenvalue weighted by atomic mass is 9.87. The average Bonchev–Trinajstić information content (AvgIpc) is 2.21. The highest BCUT2D eigenvalue weighted by atomic mass is 16.5. The van der Waals surface area contributed by atoms with Crippen molar-refractivity contribution in [2.45, 2.75) is 66.3 Å². The van der Waals surface area contributed by atoms with E-state index in [9.17, 15) is 0 Å². The molecule has 0 bridgehead atoms. The first kappa shape index (κ1) is 16.9. The lowest BCUT2D eigenvalue weighted by molar-refractivity contribution is 0.147. The molecule has 2 heteroatoms. The molecule has 0 rings (SSSR count). The minimum absolute atomic E-state index is 0.441. The van der Waals surface area contributed by atoms with E-state index in [1.54, 1.807) is 7.11 Å². The summed E-state index contributed by atoms with van der Waals surface area (Å²) < 4.78 is 5.23. The van der Waals surface area contributed by atoms with Crippen molar-refractivity contribution in [2.75, 3.05) is 20.3 Å². The Morgan fingerprint density at radius 2 is 1.88 bits per heavy atom. The highest BCUT2D eigenvalue weighted by molar-refractivity contribution is 4.73. The van der Waals surface area contributed by atoms with Crippen molar-refractivity contribution in [3.05, 3.63) is 0 Å². The molecule has 0 aliphatic rings. The standard InChI is InChI=1S/C15H33NO/c1-7-10-16-14(8-9-15(3,4)5)11-13(2)12-17-6/h13-14,16H,7-12H2,1-6H3. The Bertz CT molecular complexity index is 174. The fourth-order valence-electron chi connectivity index (χ4n) is 2.10. The van der Waals surface area contributed by atoms with E-state index < -0.39 is 0 Å². The quantitative estimate of drug-likeness (QED) is 0.664. The second kappa shape index (κ2) is 8.93. The van der Waals surface area contributed by atoms with Gasteiger partial charge in [0.1, 0.15) is 0 Å². The van der Waals surface area contributed by atoms with E-state index >= 15 is 0 Å². The van der Waals surface area contributed by atoms with Crippen LogP contribution in [0.2, 0.25) is 0 Å². The lowest BCUT2D eigenvalue weighted by Gasteiger charge is -2.26. The van der Waals surface area contributed by atoms with Crippen molar-refractivity contribution in [1.82, 2.24) is 5.32 Å². The Balaban J connectivity index is 4.04. The van der Waals surface area contributed by atoms with E-state index in [1.165, 1.54) is 25.7 Å². The minimum atomic E-state index is 0.441. The molecule has 0 radical (unpaired) electrons. The van der Waals surface area contributed by atoms with Gasteiger partial charge < -0.3 is 10.1 Å². The van der Waals surface area contributed by atoms with Crippen molar-refractivity contribution in [2.24, 2.45) is 11.3 Å². The summed E-state index contributed by atoms with van der Waals surface area (Å²) in [5.41, 5.74) is 0.441. The smallest absolute Gasteiger partial charge is 0.0488 e. The van der Waals surface area contributed by atoms with Gasteiger partial charge in [0.05, 0.1) is 0 Å². The highest BCUT2D eigenvalue weighted by Crippen LogP contribution is 2.23. The first-order valence-electron chi connectivity index (χ1n) is 7.11. The Hall–Kier alpha value is -0.0800. The maximum Gasteiger partial charge on any atom is 0.0488 e. The summed E-state index contributed by atoms with van der Waals surface area (Å²) in [7, 11) is 1.79. The van der Waals surface area contributed by atoms with Gasteiger partial charge in [-0.3, -0.25) is 0 Å². The van der Waals surface area contributed by atoms with Crippen LogP contribution in [0.3, 0.4) is 0 Å². The van der Waals surface area contributed by atoms with E-state index in [-0.39, 0.29) is 0 Å². The maximum atomic E-state index is 5.23. The third kappa shape index (κ3) is 10.8. The summed E-state index contributed by atoms with van der Waals surface area (Å²) >= 11 is 0. The van der Waals surface area contributed by atoms with Crippen LogP contribution < -0.4 is 5.32 Å². The van der Waals surface area contributed by atoms with Gasteiger partial charge in [-0.25, -0.2) is 0 Å². The number of hydrogen-bond donors (Lipinski definition) is 1. The summed E-state index contributed by atoms with van der Waals surface area (Å²) in [4.78, 5) is 0. The summed E-state index contributed by atoms with van der Waals surface area (Å²) in [5.74, 6) is 0.648. The summed E-state index contributed by atoms with van der Waals surface area (Å²) in [6.45, 7) is 13.5. The molecule has 0 aromatic carbocycles. The van der Waals surface area contributed by atoms with Crippen LogP contribution in [-0.4, -0.2) is 26.3 Å². The summed E-state index contributed by atoms with van der Waals surface area (Å²) in [5, 5.41) is 3.68. The van der Waals surface area contributed by atoms with Crippen LogP contribution in [0.5, 0.6) is 0 Å². The Kier molecular flexibility index (Phi) is 8.89. The summed E-state index contributed by atoms with van der Waals surface area (Å²) in [6.07, 6.45) is 5.00. The van der Waals surface area contributed by atoms with E-state index in [0.29, 0.717) is 17.4 Å². The van der Waals surface area contributed by atoms with Crippen molar-refractivity contribution < 1.29 is 4.74 Å². The molecule has 0 amide bonds. The predicted octanol–water partition coefficient (Wildman–Crippen LogP) is 3.85. The van der Waals surface area contributed by atoms with Gasteiger partial charge in [-0.05, 0) is 43.6 Å². The molecule has 0 spiro atoms. The predicted molar refractivity (Wildman–Crippen MR) is 76.4 cm³/mol. The molecule has 0 aromatic heterocycles. The normalized spacial score (nSPS) is 15.9. The van der Waals surface area contributed by atoms with Crippen LogP contribution in [0, 0.1) is 11.3 Å². The van der Waals surface area contributed by atoms with Gasteiger partial charge in [0.15, 0.2) is 0 Å². The van der Waals surface area contributed by atoms with Gasteiger partial charge in [0, 0.05) is 19.8 Å². The van der Waals surface area contributed by atoms with Crippen molar-refractivity contribution >= 4 is 0 Å². The first-order chi connectivity index (χ1) is 7.89. The molecule has 0 heterocycles. The number of ether oxygens (including phenoxy) is 1. The lowest BCUT2D eigenvalue weighted by Crippen LogP contribution is -2.33. The van der Waals surface area contributed by atoms with E-state index in [1.807, 2.05) is 0 Å². The molecule has 2 nitrogen and oxygen atoms in total. The van der Waals surface area contributed by atoms with Crippen LogP contribution in [0.4, 0.5) is 0 Å². The van der Waals surface area contributed by atoms with Gasteiger partial charge >= 0.3 is 0 Å². The largest absolute Gasteiger partial charge is 0.384 e. The van der Waals surface area contributed by atoms with E-state index in [2.05, 4.69) is 39.9 Å². The van der Waals surface area contributed by atoms with Gasteiger partial charge in [0.25, 0.3) is 0 Å². The topological polar surface area (TPSA) is 21.3 Å². The fourth-order valence-corrected chi connectivity index (χ4v) is 2.10. The van der Waals surface area contributed by atoms with Crippen LogP contribution in [0.15, 0.2) is 0 Å². The van der Waals surface area contributed by atoms with Crippen LogP contribution in [-0.2, 0) is 4.74 Å². The zero-order chi connectivity index (χ0) is 13.3. The van der Waals surface area contributed by atoms with E-state index in [0.717, 1.165) is 13.2 Å². The number of methoxy groups -OCH3 is 1. The molecule has 2 atom stereocenters. The molecular weight excluding hydrogens is 210 g/mol. The molecule has 1 N–H and O–H groups in total. The SMILES string of the molecule is CCCNC(CCC(C)(C)C)CC(C)COC. The molecule has 0 aliphatic carbocycles. The third-order valence-corrected chi connectivity index (χ3v) is 3.06. The second-order valence-electron chi connectivity index (χ2n) is 6.55. The zero-order valence-electron chi connectivity index (χ0n) is 12.8. The monoisotopic (exact) mass is 243 g/mol. The maximum absolute atomic E-state index is 5.23. The molecule has 104 valence electrons. The fraction of sp³-hybridized carbons (Fsp3) is 1.00. The third-order valence-electron chi connectivity index (χ3n) is 3.06. The molecular formula is C15H33NO. The minimum Gasteiger partial charge on any atom is -0.384 e. The number of nitrogens with one attached hydrogen (secondary N) is 1. The number of rotatable bonds is 9. The second-order valence-corrected chi connectivity index (χ2v) is 6.55. The molecule has 0 saturated carbocycles. The van der Waals surface area contributed by atoms with Gasteiger partial charge in [-0.1, -0.05) is 34.6 Å². The van der Waals surface area contributed by atoms with Crippen molar-refractivity contribution in [1.29, 1.82) is 0 Å².